The second kappa shape index (κ2) is 7.85. The molecule has 1 atom stereocenters. The van der Waals surface area contributed by atoms with Crippen LogP contribution in [0.3, 0.4) is 0 Å². The van der Waals surface area contributed by atoms with Crippen molar-refractivity contribution < 1.29 is 22.0 Å². The predicted octanol–water partition coefficient (Wildman–Crippen LogP) is 6.71. The van der Waals surface area contributed by atoms with Gasteiger partial charge in [0.1, 0.15) is 11.7 Å². The van der Waals surface area contributed by atoms with Crippen LogP contribution in [-0.2, 0) is 12.6 Å². The molecule has 1 N–H and O–H groups in total. The Morgan fingerprint density at radius 3 is 2.58 bits per heavy atom. The lowest BCUT2D eigenvalue weighted by atomic mass is 9.92. The normalized spacial score (nSPS) is 16.3. The van der Waals surface area contributed by atoms with Crippen molar-refractivity contribution in [3.05, 3.63) is 86.8 Å². The number of nitrogens with zero attached hydrogens (tertiary/aromatic N) is 3. The molecule has 1 unspecified atom stereocenters. The average Bonchev–Trinajstić information content (AvgIpc) is 3.15. The Balaban J connectivity index is 1.74. The quantitative estimate of drug-likeness (QED) is 0.246. The number of alkyl halides is 3. The fraction of sp³-hybridized carbons (Fsp3) is 0.182. The second-order valence-electron chi connectivity index (χ2n) is 7.56. The maximum absolute atomic E-state index is 15.1. The number of aromatic amines is 1. The van der Waals surface area contributed by atoms with Crippen molar-refractivity contribution in [2.45, 2.75) is 18.6 Å². The molecule has 0 saturated carbocycles. The lowest BCUT2D eigenvalue weighted by Crippen LogP contribution is -2.38. The van der Waals surface area contributed by atoms with E-state index in [2.05, 4.69) is 15.0 Å². The van der Waals surface area contributed by atoms with E-state index in [1.165, 1.54) is 17.0 Å². The van der Waals surface area contributed by atoms with Crippen LogP contribution in [0.4, 0.5) is 27.9 Å². The van der Waals surface area contributed by atoms with E-state index in [0.717, 1.165) is 23.2 Å². The van der Waals surface area contributed by atoms with Crippen LogP contribution in [0.2, 0.25) is 10.0 Å². The number of aromatic nitrogens is 3. The van der Waals surface area contributed by atoms with E-state index in [0.29, 0.717) is 22.7 Å². The van der Waals surface area contributed by atoms with Crippen LogP contribution < -0.4 is 4.90 Å². The lowest BCUT2D eigenvalue weighted by molar-refractivity contribution is -0.141. The van der Waals surface area contributed by atoms with Crippen molar-refractivity contribution in [3.8, 4) is 0 Å². The molecule has 3 heterocycles. The van der Waals surface area contributed by atoms with E-state index >= 15 is 4.39 Å². The van der Waals surface area contributed by atoms with Crippen molar-refractivity contribution in [1.29, 1.82) is 0 Å². The monoisotopic (exact) mass is 498 g/mol. The molecule has 2 aromatic heterocycles. The fourth-order valence-corrected chi connectivity index (χ4v) is 4.51. The third kappa shape index (κ3) is 3.69. The fourth-order valence-electron chi connectivity index (χ4n) is 4.20. The van der Waals surface area contributed by atoms with Gasteiger partial charge in [0.05, 0.1) is 5.02 Å². The van der Waals surface area contributed by atoms with E-state index in [-0.39, 0.29) is 18.1 Å². The molecule has 33 heavy (non-hydrogen) atoms. The molecule has 0 aliphatic carbocycles. The van der Waals surface area contributed by atoms with Gasteiger partial charge in [-0.3, -0.25) is 0 Å². The van der Waals surface area contributed by atoms with Crippen LogP contribution >= 0.6 is 23.2 Å². The van der Waals surface area contributed by atoms with E-state index in [9.17, 15) is 17.6 Å². The molecule has 1 aliphatic rings. The Labute approximate surface area is 194 Å². The minimum atomic E-state index is -4.69. The molecule has 0 bridgehead atoms. The highest BCUT2D eigenvalue weighted by molar-refractivity contribution is 6.31. The van der Waals surface area contributed by atoms with Gasteiger partial charge >= 0.3 is 6.18 Å². The van der Waals surface area contributed by atoms with Crippen molar-refractivity contribution in [2.24, 2.45) is 0 Å². The zero-order valence-electron chi connectivity index (χ0n) is 16.5. The van der Waals surface area contributed by atoms with E-state index in [4.69, 9.17) is 23.2 Å². The zero-order valence-corrected chi connectivity index (χ0v) is 18.0. The maximum Gasteiger partial charge on any atom is 0.433 e. The molecule has 11 heteroatoms. The van der Waals surface area contributed by atoms with Crippen LogP contribution in [0.15, 0.2) is 42.6 Å². The average molecular weight is 499 g/mol. The highest BCUT2D eigenvalue weighted by atomic mass is 35.5. The Kier molecular flexibility index (Phi) is 5.21. The van der Waals surface area contributed by atoms with Gasteiger partial charge in [-0.2, -0.15) is 13.2 Å². The number of anilines is 1. The number of benzene rings is 2. The number of halogens is 7. The summed E-state index contributed by atoms with van der Waals surface area (Å²) in [6.07, 6.45) is -3.31. The number of fused-ring (bicyclic) bond motifs is 3. The number of rotatable bonds is 2. The smallest absolute Gasteiger partial charge is 0.356 e. The summed E-state index contributed by atoms with van der Waals surface area (Å²) in [6.45, 7) is 0.155. The second-order valence-corrected chi connectivity index (χ2v) is 8.40. The third-order valence-corrected chi connectivity index (χ3v) is 6.17. The SMILES string of the molecule is Fc1c(Cl)ccc(C2c3[nH]c4ccc(Cl)cc4c3CCN2c2nccc(C(F)(F)F)n2)c1F. The molecule has 0 radical (unpaired) electrons. The predicted molar refractivity (Wildman–Crippen MR) is 115 cm³/mol. The van der Waals surface area contributed by atoms with Crippen molar-refractivity contribution in [3.63, 3.8) is 0 Å². The van der Waals surface area contributed by atoms with Crippen molar-refractivity contribution >= 4 is 40.1 Å². The van der Waals surface area contributed by atoms with Gasteiger partial charge in [0.25, 0.3) is 0 Å². The highest BCUT2D eigenvalue weighted by Gasteiger charge is 2.38. The Bertz CT molecular complexity index is 1390. The summed E-state index contributed by atoms with van der Waals surface area (Å²) in [6, 6.07) is 7.40. The standard InChI is InChI=1S/C22H13Cl2F5N4/c23-10-1-4-15-13(9-10)11-6-8-33(21-30-7-5-16(32-21)22(27,28)29)20(19(11)31-15)12-2-3-14(24)18(26)17(12)25/h1-5,7,9,20,31H,6,8H2. The van der Waals surface area contributed by atoms with Crippen LogP contribution in [0.1, 0.15) is 28.6 Å². The molecule has 0 fully saturated rings. The molecule has 170 valence electrons. The van der Waals surface area contributed by atoms with Gasteiger partial charge in [0.2, 0.25) is 5.95 Å². The largest absolute Gasteiger partial charge is 0.433 e. The first-order chi connectivity index (χ1) is 15.6. The van der Waals surface area contributed by atoms with Gasteiger partial charge in [0, 0.05) is 39.9 Å². The zero-order chi connectivity index (χ0) is 23.5. The van der Waals surface area contributed by atoms with Gasteiger partial charge in [-0.15, -0.1) is 0 Å². The summed E-state index contributed by atoms with van der Waals surface area (Å²) in [5, 5.41) is 0.882. The van der Waals surface area contributed by atoms with Crippen LogP contribution in [0, 0.1) is 11.6 Å². The number of hydrogen-bond acceptors (Lipinski definition) is 3. The summed E-state index contributed by atoms with van der Waals surface area (Å²) in [5.41, 5.74) is 0.742. The Hall–Kier alpha value is -2.91. The first-order valence-corrected chi connectivity index (χ1v) is 10.5. The van der Waals surface area contributed by atoms with Gasteiger partial charge < -0.3 is 9.88 Å². The summed E-state index contributed by atoms with van der Waals surface area (Å²) in [5.74, 6) is -2.70. The summed E-state index contributed by atoms with van der Waals surface area (Å²) in [4.78, 5) is 12.3. The first-order valence-electron chi connectivity index (χ1n) is 9.75. The lowest BCUT2D eigenvalue weighted by Gasteiger charge is -2.36. The van der Waals surface area contributed by atoms with E-state index < -0.39 is 34.6 Å². The van der Waals surface area contributed by atoms with Gasteiger partial charge in [0.15, 0.2) is 11.6 Å². The van der Waals surface area contributed by atoms with E-state index in [1.54, 1.807) is 18.2 Å². The minimum absolute atomic E-state index is 0.114. The highest BCUT2D eigenvalue weighted by Crippen LogP contribution is 2.42. The summed E-state index contributed by atoms with van der Waals surface area (Å²) < 4.78 is 69.3. The first kappa shape index (κ1) is 21.9. The topological polar surface area (TPSA) is 44.8 Å². The summed E-state index contributed by atoms with van der Waals surface area (Å²) >= 11 is 11.9. The van der Waals surface area contributed by atoms with Gasteiger partial charge in [-0.25, -0.2) is 18.7 Å². The summed E-state index contributed by atoms with van der Waals surface area (Å²) in [7, 11) is 0. The van der Waals surface area contributed by atoms with E-state index in [1.807, 2.05) is 0 Å². The van der Waals surface area contributed by atoms with Crippen LogP contribution in [-0.4, -0.2) is 21.5 Å². The van der Waals surface area contributed by atoms with Crippen molar-refractivity contribution in [1.82, 2.24) is 15.0 Å². The molecule has 0 amide bonds. The molecule has 5 rings (SSSR count). The Morgan fingerprint density at radius 1 is 1.03 bits per heavy atom. The third-order valence-electron chi connectivity index (χ3n) is 5.64. The number of H-pyrrole nitrogens is 1. The van der Waals surface area contributed by atoms with Gasteiger partial charge in [-0.05, 0) is 42.3 Å². The Morgan fingerprint density at radius 2 is 1.82 bits per heavy atom. The number of nitrogens with one attached hydrogen (secondary N) is 1. The van der Waals surface area contributed by atoms with Gasteiger partial charge in [-0.1, -0.05) is 29.3 Å². The molecule has 0 spiro atoms. The molecule has 2 aromatic carbocycles. The molecule has 4 nitrogen and oxygen atoms in total. The molecule has 0 saturated heterocycles. The van der Waals surface area contributed by atoms with Crippen LogP contribution in [0.5, 0.6) is 0 Å². The maximum atomic E-state index is 15.1. The minimum Gasteiger partial charge on any atom is -0.356 e. The number of hydrogen-bond donors (Lipinski definition) is 1. The van der Waals surface area contributed by atoms with Crippen LogP contribution in [0.25, 0.3) is 10.9 Å². The van der Waals surface area contributed by atoms with Crippen molar-refractivity contribution in [2.75, 3.05) is 11.4 Å². The molecular formula is C22H13Cl2F5N4. The molecule has 4 aromatic rings. The molecular weight excluding hydrogens is 486 g/mol. The molecule has 1 aliphatic heterocycles.